The van der Waals surface area contributed by atoms with Crippen molar-refractivity contribution in [3.05, 3.63) is 26.6 Å². The van der Waals surface area contributed by atoms with Gasteiger partial charge in [-0.1, -0.05) is 0 Å². The van der Waals surface area contributed by atoms with Gasteiger partial charge in [0.1, 0.15) is 18.1 Å². The molecule has 1 aromatic rings. The van der Waals surface area contributed by atoms with E-state index in [9.17, 15) is 4.79 Å². The van der Waals surface area contributed by atoms with Gasteiger partial charge in [0.25, 0.3) is 0 Å². The second-order valence-corrected chi connectivity index (χ2v) is 4.09. The summed E-state index contributed by atoms with van der Waals surface area (Å²) in [7, 11) is 0. The molecule has 0 amide bonds. The molecule has 1 rings (SSSR count). The lowest BCUT2D eigenvalue weighted by molar-refractivity contribution is 0.112. The van der Waals surface area contributed by atoms with Gasteiger partial charge >= 0.3 is 0 Å². The van der Waals surface area contributed by atoms with E-state index < -0.39 is 0 Å². The van der Waals surface area contributed by atoms with Crippen molar-refractivity contribution in [3.8, 4) is 11.8 Å². The molecule has 0 spiro atoms. The number of benzene rings is 1. The number of aldehydes is 1. The SMILES string of the molecule is N#CCOc1c(Br)cc(C=O)cc1Br. The maximum absolute atomic E-state index is 10.5. The van der Waals surface area contributed by atoms with Crippen molar-refractivity contribution < 1.29 is 9.53 Å². The molecule has 0 aliphatic carbocycles. The highest BCUT2D eigenvalue weighted by molar-refractivity contribution is 9.11. The van der Waals surface area contributed by atoms with Gasteiger partial charge in [-0.2, -0.15) is 5.26 Å². The highest BCUT2D eigenvalue weighted by Crippen LogP contribution is 2.34. The summed E-state index contributed by atoms with van der Waals surface area (Å²) in [6.07, 6.45) is 0.740. The number of hydrogen-bond acceptors (Lipinski definition) is 3. The van der Waals surface area contributed by atoms with Crippen LogP contribution in [0.15, 0.2) is 21.1 Å². The first kappa shape index (κ1) is 11.2. The molecule has 3 nitrogen and oxygen atoms in total. The zero-order chi connectivity index (χ0) is 10.6. The van der Waals surface area contributed by atoms with E-state index in [1.165, 1.54) is 0 Å². The van der Waals surface area contributed by atoms with Crippen LogP contribution in [0, 0.1) is 11.3 Å². The fraction of sp³-hybridized carbons (Fsp3) is 0.111. The number of carbonyl (C=O) groups excluding carboxylic acids is 1. The fourth-order valence-corrected chi connectivity index (χ4v) is 2.34. The van der Waals surface area contributed by atoms with Crippen LogP contribution < -0.4 is 4.74 Å². The summed E-state index contributed by atoms with van der Waals surface area (Å²) < 4.78 is 6.43. The van der Waals surface area contributed by atoms with Gasteiger partial charge in [-0.05, 0) is 44.0 Å². The maximum Gasteiger partial charge on any atom is 0.174 e. The van der Waals surface area contributed by atoms with Gasteiger partial charge in [0.2, 0.25) is 0 Å². The van der Waals surface area contributed by atoms with E-state index in [-0.39, 0.29) is 6.61 Å². The lowest BCUT2D eigenvalue weighted by atomic mass is 10.2. The van der Waals surface area contributed by atoms with Crippen molar-refractivity contribution in [1.82, 2.24) is 0 Å². The quantitative estimate of drug-likeness (QED) is 0.805. The first-order chi connectivity index (χ1) is 6.69. The van der Waals surface area contributed by atoms with Crippen LogP contribution in [0.2, 0.25) is 0 Å². The third-order valence-corrected chi connectivity index (χ3v) is 2.62. The Hall–Kier alpha value is -0.860. The number of nitrogens with zero attached hydrogens (tertiary/aromatic N) is 1. The Morgan fingerprint density at radius 3 is 2.43 bits per heavy atom. The van der Waals surface area contributed by atoms with Crippen LogP contribution in [0.3, 0.4) is 0 Å². The zero-order valence-corrected chi connectivity index (χ0v) is 10.1. The van der Waals surface area contributed by atoms with Crippen LogP contribution in [-0.4, -0.2) is 12.9 Å². The van der Waals surface area contributed by atoms with Crippen LogP contribution in [0.5, 0.6) is 5.75 Å². The summed E-state index contributed by atoms with van der Waals surface area (Å²) in [5, 5.41) is 8.35. The van der Waals surface area contributed by atoms with Crippen LogP contribution in [-0.2, 0) is 0 Å². The van der Waals surface area contributed by atoms with Crippen molar-refractivity contribution >= 4 is 38.1 Å². The molecule has 72 valence electrons. The molecule has 5 heteroatoms. The molecule has 0 atom stereocenters. The molecule has 0 aliphatic heterocycles. The summed E-state index contributed by atoms with van der Waals surface area (Å²) in [5.41, 5.74) is 0.535. The smallest absolute Gasteiger partial charge is 0.174 e. The number of hydrogen-bond donors (Lipinski definition) is 0. The van der Waals surface area contributed by atoms with Crippen LogP contribution in [0.25, 0.3) is 0 Å². The zero-order valence-electron chi connectivity index (χ0n) is 6.96. The molecule has 1 aromatic carbocycles. The van der Waals surface area contributed by atoms with Gasteiger partial charge in [-0.3, -0.25) is 4.79 Å². The number of carbonyl (C=O) groups is 1. The van der Waals surface area contributed by atoms with E-state index in [4.69, 9.17) is 10.00 Å². The van der Waals surface area contributed by atoms with E-state index in [1.54, 1.807) is 12.1 Å². The summed E-state index contributed by atoms with van der Waals surface area (Å²) in [5.74, 6) is 0.525. The average Bonchev–Trinajstić information content (AvgIpc) is 2.16. The minimum absolute atomic E-state index is 0.0301. The lowest BCUT2D eigenvalue weighted by Crippen LogP contribution is -1.96. The van der Waals surface area contributed by atoms with Crippen LogP contribution in [0.4, 0.5) is 0 Å². The second-order valence-electron chi connectivity index (χ2n) is 2.38. The standard InChI is InChI=1S/C9H5Br2NO2/c10-7-3-6(5-13)4-8(11)9(7)14-2-1-12/h3-5H,2H2. The summed E-state index contributed by atoms with van der Waals surface area (Å²) in [6.45, 7) is -0.0301. The molecule has 0 unspecified atom stereocenters. The van der Waals surface area contributed by atoms with Gasteiger partial charge < -0.3 is 4.74 Å². The summed E-state index contributed by atoms with van der Waals surface area (Å²) in [4.78, 5) is 10.5. The van der Waals surface area contributed by atoms with Gasteiger partial charge in [-0.15, -0.1) is 0 Å². The molecule has 0 aromatic heterocycles. The molecule has 0 fully saturated rings. The number of halogens is 2. The van der Waals surface area contributed by atoms with Gasteiger partial charge in [0.05, 0.1) is 8.95 Å². The Bertz CT molecular complexity index is 375. The van der Waals surface area contributed by atoms with Gasteiger partial charge in [0, 0.05) is 5.56 Å². The Morgan fingerprint density at radius 2 is 2.00 bits per heavy atom. The van der Waals surface area contributed by atoms with Crippen molar-refractivity contribution in [2.75, 3.05) is 6.61 Å². The molecule has 0 heterocycles. The Balaban J connectivity index is 3.06. The highest BCUT2D eigenvalue weighted by atomic mass is 79.9. The molecule has 0 radical (unpaired) electrons. The first-order valence-corrected chi connectivity index (χ1v) is 5.21. The third kappa shape index (κ3) is 2.56. The van der Waals surface area contributed by atoms with Gasteiger partial charge in [0.15, 0.2) is 6.61 Å². The van der Waals surface area contributed by atoms with Crippen molar-refractivity contribution in [3.63, 3.8) is 0 Å². The first-order valence-electron chi connectivity index (χ1n) is 3.63. The fourth-order valence-electron chi connectivity index (χ4n) is 0.890. The normalized spacial score (nSPS) is 9.21. The molecule has 14 heavy (non-hydrogen) atoms. The van der Waals surface area contributed by atoms with E-state index >= 15 is 0 Å². The number of nitriles is 1. The third-order valence-electron chi connectivity index (χ3n) is 1.44. The Labute approximate surface area is 97.9 Å². The van der Waals surface area contributed by atoms with Crippen molar-refractivity contribution in [2.24, 2.45) is 0 Å². The number of ether oxygens (including phenoxy) is 1. The van der Waals surface area contributed by atoms with Gasteiger partial charge in [-0.25, -0.2) is 0 Å². The number of rotatable bonds is 3. The minimum Gasteiger partial charge on any atom is -0.476 e. The molecule has 0 aliphatic rings. The Kier molecular flexibility index (Phi) is 4.11. The molecular weight excluding hydrogens is 314 g/mol. The molecular formula is C9H5Br2NO2. The van der Waals surface area contributed by atoms with Crippen molar-refractivity contribution in [1.29, 1.82) is 5.26 Å². The highest BCUT2D eigenvalue weighted by Gasteiger charge is 2.08. The summed E-state index contributed by atoms with van der Waals surface area (Å²) in [6, 6.07) is 5.12. The van der Waals surface area contributed by atoms with Crippen LogP contribution >= 0.6 is 31.9 Å². The molecule has 0 bridgehead atoms. The van der Waals surface area contributed by atoms with E-state index in [0.29, 0.717) is 20.3 Å². The largest absolute Gasteiger partial charge is 0.476 e. The lowest BCUT2D eigenvalue weighted by Gasteiger charge is -2.07. The van der Waals surface area contributed by atoms with E-state index in [2.05, 4.69) is 31.9 Å². The van der Waals surface area contributed by atoms with E-state index in [1.807, 2.05) is 6.07 Å². The Morgan fingerprint density at radius 1 is 1.43 bits per heavy atom. The average molecular weight is 319 g/mol. The molecule has 0 saturated carbocycles. The summed E-state index contributed by atoms with van der Waals surface area (Å²) >= 11 is 6.49. The monoisotopic (exact) mass is 317 g/mol. The predicted molar refractivity (Wildman–Crippen MR) is 58.3 cm³/mol. The van der Waals surface area contributed by atoms with Crippen molar-refractivity contribution in [2.45, 2.75) is 0 Å². The maximum atomic E-state index is 10.5. The minimum atomic E-state index is -0.0301. The van der Waals surface area contributed by atoms with E-state index in [0.717, 1.165) is 6.29 Å². The molecule has 0 saturated heterocycles. The van der Waals surface area contributed by atoms with Crippen LogP contribution in [0.1, 0.15) is 10.4 Å². The molecule has 0 N–H and O–H groups in total. The predicted octanol–water partition coefficient (Wildman–Crippen LogP) is 2.93. The second kappa shape index (κ2) is 5.13. The topological polar surface area (TPSA) is 50.1 Å².